The molecular weight excluding hydrogens is 264 g/mol. The zero-order chi connectivity index (χ0) is 16.3. The molecule has 1 aliphatic rings. The zero-order valence-electron chi connectivity index (χ0n) is 14.6. The fourth-order valence-electron chi connectivity index (χ4n) is 1.76. The van der Waals surface area contributed by atoms with Crippen LogP contribution in [0.3, 0.4) is 0 Å². The fraction of sp³-hybridized carbons (Fsp3) is 0.824. The number of carbonyl (C=O) groups excluding carboxylic acids is 1. The molecule has 0 spiro atoms. The Bertz CT molecular complexity index is 329. The SMILES string of the molecule is CC(C)C.CC(C)C#CCN1CCOC(CN(C)C=O)C1. The molecule has 122 valence electrons. The van der Waals surface area contributed by atoms with Crippen LogP contribution in [0.15, 0.2) is 0 Å². The summed E-state index contributed by atoms with van der Waals surface area (Å²) in [7, 11) is 1.77. The van der Waals surface area contributed by atoms with E-state index in [9.17, 15) is 4.79 Å². The topological polar surface area (TPSA) is 32.8 Å². The number of likely N-dealkylation sites (N-methyl/N-ethyl adjacent to an activating group) is 1. The maximum atomic E-state index is 10.5. The van der Waals surface area contributed by atoms with Crippen molar-refractivity contribution in [3.05, 3.63) is 0 Å². The van der Waals surface area contributed by atoms with Crippen LogP contribution in [-0.4, -0.2) is 62.1 Å². The highest BCUT2D eigenvalue weighted by Crippen LogP contribution is 2.05. The Morgan fingerprint density at radius 3 is 2.48 bits per heavy atom. The van der Waals surface area contributed by atoms with Gasteiger partial charge in [0, 0.05) is 32.6 Å². The summed E-state index contributed by atoms with van der Waals surface area (Å²) >= 11 is 0. The third-order valence-corrected chi connectivity index (χ3v) is 2.59. The van der Waals surface area contributed by atoms with Crippen molar-refractivity contribution in [2.45, 2.75) is 40.7 Å². The van der Waals surface area contributed by atoms with E-state index in [4.69, 9.17) is 4.74 Å². The molecule has 0 bridgehead atoms. The van der Waals surface area contributed by atoms with Crippen LogP contribution in [0, 0.1) is 23.7 Å². The van der Waals surface area contributed by atoms with Crippen molar-refractivity contribution in [3.63, 3.8) is 0 Å². The van der Waals surface area contributed by atoms with Gasteiger partial charge in [-0.15, -0.1) is 0 Å². The smallest absolute Gasteiger partial charge is 0.209 e. The Labute approximate surface area is 130 Å². The van der Waals surface area contributed by atoms with E-state index in [0.717, 1.165) is 38.6 Å². The third-order valence-electron chi connectivity index (χ3n) is 2.59. The summed E-state index contributed by atoms with van der Waals surface area (Å²) in [4.78, 5) is 14.4. The van der Waals surface area contributed by atoms with Crippen LogP contribution in [-0.2, 0) is 9.53 Å². The molecule has 1 rings (SSSR count). The molecule has 0 radical (unpaired) electrons. The van der Waals surface area contributed by atoms with E-state index >= 15 is 0 Å². The molecule has 0 aromatic rings. The summed E-state index contributed by atoms with van der Waals surface area (Å²) < 4.78 is 5.62. The summed E-state index contributed by atoms with van der Waals surface area (Å²) in [5.41, 5.74) is 0. The lowest BCUT2D eigenvalue weighted by Crippen LogP contribution is -2.46. The first kappa shape index (κ1) is 19.9. The molecule has 0 aliphatic carbocycles. The van der Waals surface area contributed by atoms with Gasteiger partial charge >= 0.3 is 0 Å². The Hall–Kier alpha value is -1.05. The molecule has 0 aromatic carbocycles. The number of morpholine rings is 1. The van der Waals surface area contributed by atoms with Crippen molar-refractivity contribution >= 4 is 6.41 Å². The van der Waals surface area contributed by atoms with E-state index in [1.807, 2.05) is 0 Å². The van der Waals surface area contributed by atoms with Gasteiger partial charge in [0.15, 0.2) is 0 Å². The maximum absolute atomic E-state index is 10.5. The molecule has 1 unspecified atom stereocenters. The Morgan fingerprint density at radius 2 is 1.95 bits per heavy atom. The first-order valence-corrected chi connectivity index (χ1v) is 7.83. The number of hydrogen-bond acceptors (Lipinski definition) is 3. The minimum absolute atomic E-state index is 0.111. The summed E-state index contributed by atoms with van der Waals surface area (Å²) in [6, 6.07) is 0. The van der Waals surface area contributed by atoms with Gasteiger partial charge in [0.2, 0.25) is 6.41 Å². The highest BCUT2D eigenvalue weighted by molar-refractivity contribution is 5.46. The maximum Gasteiger partial charge on any atom is 0.209 e. The summed E-state index contributed by atoms with van der Waals surface area (Å²) in [5, 5.41) is 0. The summed E-state index contributed by atoms with van der Waals surface area (Å²) in [5.74, 6) is 7.60. The van der Waals surface area contributed by atoms with Crippen LogP contribution in [0.25, 0.3) is 0 Å². The lowest BCUT2D eigenvalue weighted by Gasteiger charge is -2.32. The average Bonchev–Trinajstić information content (AvgIpc) is 2.38. The lowest BCUT2D eigenvalue weighted by molar-refractivity contribution is -0.120. The number of nitrogens with zero attached hydrogens (tertiary/aromatic N) is 2. The van der Waals surface area contributed by atoms with E-state index in [-0.39, 0.29) is 6.10 Å². The van der Waals surface area contributed by atoms with Crippen LogP contribution >= 0.6 is 0 Å². The number of hydrogen-bond donors (Lipinski definition) is 0. The van der Waals surface area contributed by atoms with Gasteiger partial charge in [-0.25, -0.2) is 0 Å². The minimum Gasteiger partial charge on any atom is -0.374 e. The van der Waals surface area contributed by atoms with Crippen LogP contribution in [0.2, 0.25) is 0 Å². The normalized spacial score (nSPS) is 18.6. The van der Waals surface area contributed by atoms with E-state index in [2.05, 4.69) is 51.4 Å². The standard InChI is InChI=1S/C13H22N2O2.C4H10/c1-12(2)5-4-6-15-7-8-17-13(10-15)9-14(3)11-16;1-4(2)3/h11-13H,6-10H2,1-3H3;4H,1-3H3. The van der Waals surface area contributed by atoms with Crippen LogP contribution in [0.5, 0.6) is 0 Å². The number of carbonyl (C=O) groups is 1. The Balaban J connectivity index is 0.000000885. The number of rotatable bonds is 4. The van der Waals surface area contributed by atoms with Crippen molar-refractivity contribution < 1.29 is 9.53 Å². The predicted molar refractivity (Wildman–Crippen MR) is 88.0 cm³/mol. The second-order valence-corrected chi connectivity index (χ2v) is 6.48. The average molecular weight is 296 g/mol. The van der Waals surface area contributed by atoms with Gasteiger partial charge in [0.1, 0.15) is 0 Å². The molecule has 1 heterocycles. The second kappa shape index (κ2) is 11.6. The Kier molecular flexibility index (Phi) is 11.0. The lowest BCUT2D eigenvalue weighted by atomic mass is 10.2. The number of amides is 1. The van der Waals surface area contributed by atoms with E-state index < -0.39 is 0 Å². The molecule has 0 aromatic heterocycles. The van der Waals surface area contributed by atoms with E-state index in [1.165, 1.54) is 0 Å². The third kappa shape index (κ3) is 12.4. The van der Waals surface area contributed by atoms with Gasteiger partial charge in [0.05, 0.1) is 19.3 Å². The molecule has 1 amide bonds. The predicted octanol–water partition coefficient (Wildman–Crippen LogP) is 2.10. The molecule has 1 atom stereocenters. The first-order chi connectivity index (χ1) is 9.85. The van der Waals surface area contributed by atoms with Crippen molar-refractivity contribution in [2.24, 2.45) is 11.8 Å². The van der Waals surface area contributed by atoms with Crippen molar-refractivity contribution in [1.29, 1.82) is 0 Å². The minimum atomic E-state index is 0.111. The molecule has 0 saturated carbocycles. The van der Waals surface area contributed by atoms with E-state index in [1.54, 1.807) is 11.9 Å². The Morgan fingerprint density at radius 1 is 1.33 bits per heavy atom. The molecule has 1 fully saturated rings. The highest BCUT2D eigenvalue weighted by atomic mass is 16.5. The largest absolute Gasteiger partial charge is 0.374 e. The molecule has 4 nitrogen and oxygen atoms in total. The van der Waals surface area contributed by atoms with Gasteiger partial charge < -0.3 is 9.64 Å². The van der Waals surface area contributed by atoms with Crippen molar-refractivity contribution in [1.82, 2.24) is 9.80 Å². The molecule has 21 heavy (non-hydrogen) atoms. The summed E-state index contributed by atoms with van der Waals surface area (Å²) in [6.45, 7) is 14.6. The van der Waals surface area contributed by atoms with Gasteiger partial charge in [0.25, 0.3) is 0 Å². The molecular formula is C17H32N2O2. The molecule has 4 heteroatoms. The zero-order valence-corrected chi connectivity index (χ0v) is 14.6. The number of ether oxygens (including phenoxy) is 1. The highest BCUT2D eigenvalue weighted by Gasteiger charge is 2.20. The first-order valence-electron chi connectivity index (χ1n) is 7.83. The molecule has 1 aliphatic heterocycles. The van der Waals surface area contributed by atoms with Crippen molar-refractivity contribution in [3.8, 4) is 11.8 Å². The van der Waals surface area contributed by atoms with Gasteiger partial charge in [-0.05, 0) is 5.92 Å². The van der Waals surface area contributed by atoms with Crippen LogP contribution < -0.4 is 0 Å². The van der Waals surface area contributed by atoms with Gasteiger partial charge in [-0.3, -0.25) is 9.69 Å². The van der Waals surface area contributed by atoms with Crippen LogP contribution in [0.1, 0.15) is 34.6 Å². The quantitative estimate of drug-likeness (QED) is 0.588. The van der Waals surface area contributed by atoms with Crippen molar-refractivity contribution in [2.75, 3.05) is 39.8 Å². The fourth-order valence-corrected chi connectivity index (χ4v) is 1.76. The second-order valence-electron chi connectivity index (χ2n) is 6.48. The van der Waals surface area contributed by atoms with Gasteiger partial charge in [-0.2, -0.15) is 0 Å². The van der Waals surface area contributed by atoms with Crippen LogP contribution in [0.4, 0.5) is 0 Å². The summed E-state index contributed by atoms with van der Waals surface area (Å²) in [6.07, 6.45) is 0.945. The monoisotopic (exact) mass is 296 g/mol. The molecule has 1 saturated heterocycles. The van der Waals surface area contributed by atoms with E-state index in [0.29, 0.717) is 12.5 Å². The van der Waals surface area contributed by atoms with Gasteiger partial charge in [-0.1, -0.05) is 46.5 Å². The molecule has 0 N–H and O–H groups in total.